The Morgan fingerprint density at radius 3 is 2.12 bits per heavy atom. The molecule has 2 N–H and O–H groups in total. The van der Waals surface area contributed by atoms with Crippen LogP contribution in [0.2, 0.25) is 0 Å². The molecular formula is C35H49N3O4. The fourth-order valence-corrected chi connectivity index (χ4v) is 4.81. The third-order valence-electron chi connectivity index (χ3n) is 7.37. The number of rotatable bonds is 13. The lowest BCUT2D eigenvalue weighted by atomic mass is 9.95. The lowest BCUT2D eigenvalue weighted by Gasteiger charge is -2.36. The van der Waals surface area contributed by atoms with Crippen molar-refractivity contribution < 1.29 is 19.1 Å². The Bertz CT molecular complexity index is 1220. The van der Waals surface area contributed by atoms with Gasteiger partial charge in [-0.25, -0.2) is 4.79 Å². The first kappa shape index (κ1) is 34.4. The van der Waals surface area contributed by atoms with E-state index in [9.17, 15) is 14.4 Å². The van der Waals surface area contributed by atoms with Crippen LogP contribution in [0, 0.1) is 32.1 Å². The van der Waals surface area contributed by atoms with Crippen LogP contribution < -0.4 is 10.6 Å². The maximum Gasteiger partial charge on any atom is 0.408 e. The molecular weight excluding hydrogens is 526 g/mol. The Morgan fingerprint density at radius 2 is 1.60 bits per heavy atom. The van der Waals surface area contributed by atoms with E-state index in [-0.39, 0.29) is 17.7 Å². The first-order chi connectivity index (χ1) is 19.8. The monoisotopic (exact) mass is 575 g/mol. The van der Waals surface area contributed by atoms with E-state index in [1.54, 1.807) is 49.9 Å². The van der Waals surface area contributed by atoms with Crippen molar-refractivity contribution in [2.24, 2.45) is 5.92 Å². The Labute approximate surface area is 252 Å². The van der Waals surface area contributed by atoms with Crippen molar-refractivity contribution in [1.82, 2.24) is 10.2 Å². The quantitative estimate of drug-likeness (QED) is 0.194. The largest absolute Gasteiger partial charge is 0.444 e. The van der Waals surface area contributed by atoms with Crippen LogP contribution in [0.5, 0.6) is 0 Å². The van der Waals surface area contributed by atoms with Gasteiger partial charge in [-0.3, -0.25) is 9.59 Å². The van der Waals surface area contributed by atoms with Gasteiger partial charge in [-0.15, -0.1) is 6.42 Å². The number of alkyl carbamates (subject to hydrolysis) is 1. The molecule has 0 aliphatic rings. The van der Waals surface area contributed by atoms with Crippen LogP contribution in [0.15, 0.2) is 42.5 Å². The smallest absolute Gasteiger partial charge is 0.408 e. The van der Waals surface area contributed by atoms with Crippen molar-refractivity contribution >= 4 is 23.6 Å². The minimum atomic E-state index is -0.947. The summed E-state index contributed by atoms with van der Waals surface area (Å²) in [5, 5.41) is 5.94. The van der Waals surface area contributed by atoms with E-state index < -0.39 is 23.8 Å². The van der Waals surface area contributed by atoms with E-state index >= 15 is 0 Å². The van der Waals surface area contributed by atoms with Crippen molar-refractivity contribution in [1.29, 1.82) is 0 Å². The molecule has 0 spiro atoms. The van der Waals surface area contributed by atoms with Crippen LogP contribution in [0.1, 0.15) is 102 Å². The number of terminal acetylenes is 1. The Hall–Kier alpha value is -3.79. The first-order valence-electron chi connectivity index (χ1n) is 15.1. The average Bonchev–Trinajstić information content (AvgIpc) is 2.93. The summed E-state index contributed by atoms with van der Waals surface area (Å²) in [6, 6.07) is 11.2. The number of aryl methyl sites for hydroxylation is 2. The molecule has 0 bridgehead atoms. The summed E-state index contributed by atoms with van der Waals surface area (Å²) in [5.41, 5.74) is 3.17. The maximum absolute atomic E-state index is 14.5. The summed E-state index contributed by atoms with van der Waals surface area (Å²) in [4.78, 5) is 43.2. The fourth-order valence-electron chi connectivity index (χ4n) is 4.81. The molecule has 2 rings (SSSR count). The van der Waals surface area contributed by atoms with Crippen molar-refractivity contribution in [2.75, 3.05) is 11.9 Å². The number of amides is 3. The summed E-state index contributed by atoms with van der Waals surface area (Å²) < 4.78 is 5.51. The minimum absolute atomic E-state index is 0.200. The van der Waals surface area contributed by atoms with Crippen LogP contribution in [0.3, 0.4) is 0 Å². The number of nitrogens with one attached hydrogen (secondary N) is 2. The van der Waals surface area contributed by atoms with Gasteiger partial charge in [-0.2, -0.15) is 0 Å². The summed E-state index contributed by atoms with van der Waals surface area (Å²) in [6.07, 6.45) is 9.27. The normalized spacial score (nSPS) is 13.3. The Morgan fingerprint density at radius 1 is 0.976 bits per heavy atom. The highest BCUT2D eigenvalue weighted by molar-refractivity contribution is 6.00. The van der Waals surface area contributed by atoms with Crippen molar-refractivity contribution in [2.45, 2.75) is 105 Å². The number of hydrogen-bond acceptors (Lipinski definition) is 4. The van der Waals surface area contributed by atoms with Crippen molar-refractivity contribution in [3.63, 3.8) is 0 Å². The van der Waals surface area contributed by atoms with Crippen LogP contribution >= 0.6 is 0 Å². The van der Waals surface area contributed by atoms with Crippen LogP contribution in [-0.2, 0) is 14.3 Å². The van der Waals surface area contributed by atoms with Crippen LogP contribution in [-0.4, -0.2) is 41.0 Å². The number of ether oxygens (including phenoxy) is 1. The molecule has 0 heterocycles. The third-order valence-corrected chi connectivity index (χ3v) is 7.37. The molecule has 2 aromatic rings. The zero-order chi connectivity index (χ0) is 31.4. The second kappa shape index (κ2) is 16.0. The van der Waals surface area contributed by atoms with E-state index in [1.807, 2.05) is 45.9 Å². The second-order valence-corrected chi connectivity index (χ2v) is 12.0. The molecule has 0 radical (unpaired) electrons. The summed E-state index contributed by atoms with van der Waals surface area (Å²) in [5.74, 6) is 1.76. The maximum atomic E-state index is 14.5. The standard InChI is InChI=1S/C35H49N3O4/c1-10-13-14-15-23-38(33(40)30(24(4)11-2)37-34(41)42-35(7,8)9)31(28-21-19-27(12-3)20-22-28)32(39)36-29-25(5)17-16-18-26(29)6/h3,16-22,24,30-31H,10-11,13-15,23H2,1-2,4-9H3,(H,36,39)(H,37,41). The highest BCUT2D eigenvalue weighted by Crippen LogP contribution is 2.29. The van der Waals surface area contributed by atoms with E-state index in [0.717, 1.165) is 42.5 Å². The third kappa shape index (κ3) is 9.94. The zero-order valence-electron chi connectivity index (χ0n) is 26.7. The van der Waals surface area contributed by atoms with Gasteiger partial charge in [0.15, 0.2) is 0 Å². The summed E-state index contributed by atoms with van der Waals surface area (Å²) in [7, 11) is 0. The number of hydrogen-bond donors (Lipinski definition) is 2. The molecule has 3 amide bonds. The topological polar surface area (TPSA) is 87.7 Å². The molecule has 3 atom stereocenters. The van der Waals surface area contributed by atoms with E-state index in [2.05, 4.69) is 23.5 Å². The Kier molecular flexibility index (Phi) is 13.1. The summed E-state index contributed by atoms with van der Waals surface area (Å²) >= 11 is 0. The van der Waals surface area contributed by atoms with Gasteiger partial charge in [0.1, 0.15) is 17.7 Å². The second-order valence-electron chi connectivity index (χ2n) is 12.0. The van der Waals surface area contributed by atoms with E-state index in [1.165, 1.54) is 0 Å². The minimum Gasteiger partial charge on any atom is -0.444 e. The van der Waals surface area contributed by atoms with Gasteiger partial charge in [-0.05, 0) is 75.8 Å². The zero-order valence-corrected chi connectivity index (χ0v) is 26.7. The molecule has 2 aromatic carbocycles. The fraction of sp³-hybridized carbons (Fsp3) is 0.514. The number of unbranched alkanes of at least 4 members (excludes halogenated alkanes) is 3. The van der Waals surface area contributed by atoms with Gasteiger partial charge in [0, 0.05) is 17.8 Å². The van der Waals surface area contributed by atoms with Gasteiger partial charge in [0.25, 0.3) is 5.91 Å². The highest BCUT2D eigenvalue weighted by atomic mass is 16.6. The van der Waals surface area contributed by atoms with Crippen LogP contribution in [0.4, 0.5) is 10.5 Å². The SMILES string of the molecule is C#Cc1ccc(C(C(=O)Nc2c(C)cccc2C)N(CCCCCC)C(=O)C(NC(=O)OC(C)(C)C)C(C)CC)cc1. The van der Waals surface area contributed by atoms with Gasteiger partial charge in [0.05, 0.1) is 0 Å². The molecule has 0 saturated carbocycles. The molecule has 0 saturated heterocycles. The summed E-state index contributed by atoms with van der Waals surface area (Å²) in [6.45, 7) is 15.6. The number of anilines is 1. The van der Waals surface area contributed by atoms with E-state index in [0.29, 0.717) is 24.1 Å². The molecule has 7 heteroatoms. The molecule has 0 aliphatic heterocycles. The molecule has 0 fully saturated rings. The number of nitrogens with zero attached hydrogens (tertiary/aromatic N) is 1. The number of para-hydroxylation sites is 1. The van der Waals surface area contributed by atoms with Gasteiger partial charge in [0.2, 0.25) is 5.91 Å². The highest BCUT2D eigenvalue weighted by Gasteiger charge is 2.38. The molecule has 0 aromatic heterocycles. The van der Waals surface area contributed by atoms with Gasteiger partial charge < -0.3 is 20.3 Å². The van der Waals surface area contributed by atoms with E-state index in [4.69, 9.17) is 11.2 Å². The number of carbonyl (C=O) groups excluding carboxylic acids is 3. The average molecular weight is 576 g/mol. The van der Waals surface area contributed by atoms with Crippen LogP contribution in [0.25, 0.3) is 0 Å². The van der Waals surface area contributed by atoms with Gasteiger partial charge in [-0.1, -0.05) is 82.7 Å². The molecule has 0 aliphatic carbocycles. The first-order valence-corrected chi connectivity index (χ1v) is 15.1. The number of benzene rings is 2. The predicted molar refractivity (Wildman–Crippen MR) is 170 cm³/mol. The number of carbonyl (C=O) groups is 3. The van der Waals surface area contributed by atoms with Gasteiger partial charge >= 0.3 is 6.09 Å². The van der Waals surface area contributed by atoms with Crippen molar-refractivity contribution in [3.05, 3.63) is 64.7 Å². The Balaban J connectivity index is 2.62. The molecule has 7 nitrogen and oxygen atoms in total. The van der Waals surface area contributed by atoms with Crippen molar-refractivity contribution in [3.8, 4) is 12.3 Å². The molecule has 42 heavy (non-hydrogen) atoms. The molecule has 228 valence electrons. The lowest BCUT2D eigenvalue weighted by molar-refractivity contribution is -0.142. The molecule has 3 unspecified atom stereocenters. The predicted octanol–water partition coefficient (Wildman–Crippen LogP) is 7.31. The lowest BCUT2D eigenvalue weighted by Crippen LogP contribution is -2.55.